The first-order chi connectivity index (χ1) is 8.81. The second-order valence-corrected chi connectivity index (χ2v) is 5.30. The normalized spacial score (nSPS) is 11.4. The third-order valence-electron chi connectivity index (χ3n) is 2.64. The molecule has 1 aromatic rings. The van der Waals surface area contributed by atoms with Gasteiger partial charge < -0.3 is 15.5 Å². The van der Waals surface area contributed by atoms with E-state index in [9.17, 15) is 8.78 Å². The summed E-state index contributed by atoms with van der Waals surface area (Å²) in [5.41, 5.74) is 5.42. The molecule has 0 aliphatic rings. The summed E-state index contributed by atoms with van der Waals surface area (Å²) < 4.78 is 27.0. The first kappa shape index (κ1) is 15.6. The van der Waals surface area contributed by atoms with Crippen molar-refractivity contribution < 1.29 is 8.78 Å². The molecule has 0 saturated carbocycles. The molecule has 0 fully saturated rings. The van der Waals surface area contributed by atoms with Crippen LogP contribution in [0.5, 0.6) is 0 Å². The van der Waals surface area contributed by atoms with Crippen LogP contribution in [0.25, 0.3) is 0 Å². The van der Waals surface area contributed by atoms with E-state index in [4.69, 9.17) is 5.73 Å². The number of halogens is 2. The van der Waals surface area contributed by atoms with Crippen molar-refractivity contribution in [3.63, 3.8) is 0 Å². The van der Waals surface area contributed by atoms with Gasteiger partial charge in [0.25, 0.3) is 0 Å². The van der Waals surface area contributed by atoms with E-state index in [-0.39, 0.29) is 11.6 Å². The second-order valence-electron chi connectivity index (χ2n) is 5.30. The van der Waals surface area contributed by atoms with Crippen molar-refractivity contribution in [2.24, 2.45) is 5.92 Å². The minimum Gasteiger partial charge on any atom is -0.381 e. The van der Waals surface area contributed by atoms with Gasteiger partial charge in [0.2, 0.25) is 0 Å². The van der Waals surface area contributed by atoms with Crippen LogP contribution in [0.1, 0.15) is 13.8 Å². The molecule has 0 bridgehead atoms. The number of aromatic nitrogens is 1. The summed E-state index contributed by atoms with van der Waals surface area (Å²) >= 11 is 0. The van der Waals surface area contributed by atoms with E-state index in [2.05, 4.69) is 4.98 Å². The Labute approximate surface area is 113 Å². The van der Waals surface area contributed by atoms with Crippen LogP contribution in [-0.2, 0) is 0 Å². The van der Waals surface area contributed by atoms with Crippen molar-refractivity contribution in [1.29, 1.82) is 0 Å². The Bertz CT molecular complexity index is 421. The lowest BCUT2D eigenvalue weighted by Crippen LogP contribution is -2.35. The Morgan fingerprint density at radius 3 is 2.37 bits per heavy atom. The van der Waals surface area contributed by atoms with Gasteiger partial charge in [-0.25, -0.2) is 13.8 Å². The lowest BCUT2D eigenvalue weighted by molar-refractivity contribution is 0.406. The fourth-order valence-corrected chi connectivity index (χ4v) is 1.74. The molecule has 6 heteroatoms. The fraction of sp³-hybridized carbons (Fsp3) is 0.615. The number of hydrogen-bond acceptors (Lipinski definition) is 4. The summed E-state index contributed by atoms with van der Waals surface area (Å²) in [5.74, 6) is -1.30. The zero-order chi connectivity index (χ0) is 14.6. The van der Waals surface area contributed by atoms with E-state index in [1.165, 1.54) is 0 Å². The lowest BCUT2D eigenvalue weighted by atomic mass is 10.2. The minimum absolute atomic E-state index is 0.120. The maximum Gasteiger partial charge on any atom is 0.168 e. The summed E-state index contributed by atoms with van der Waals surface area (Å²) in [6.45, 7) is 6.08. The molecule has 0 amide bonds. The highest BCUT2D eigenvalue weighted by molar-refractivity contribution is 5.47. The molecule has 108 valence electrons. The standard InChI is InChI=1S/C13H22F2N4/c1-9(2)8-19(6-5-18(3)4)13-11(15)7-10(14)12(16)17-13/h7,9H,5-6,8H2,1-4H3,(H2,16,17). The van der Waals surface area contributed by atoms with E-state index < -0.39 is 11.6 Å². The van der Waals surface area contributed by atoms with Crippen LogP contribution in [-0.4, -0.2) is 43.6 Å². The maximum atomic E-state index is 13.8. The number of nitrogens with zero attached hydrogens (tertiary/aromatic N) is 3. The zero-order valence-electron chi connectivity index (χ0n) is 12.0. The molecule has 2 N–H and O–H groups in total. The van der Waals surface area contributed by atoms with Crippen molar-refractivity contribution in [2.75, 3.05) is 44.4 Å². The average molecular weight is 272 g/mol. The Balaban J connectivity index is 2.99. The summed E-state index contributed by atoms with van der Waals surface area (Å²) in [7, 11) is 3.88. The molecule has 0 atom stereocenters. The molecule has 0 aliphatic heterocycles. The third kappa shape index (κ3) is 4.63. The quantitative estimate of drug-likeness (QED) is 0.860. The Morgan fingerprint density at radius 2 is 1.84 bits per heavy atom. The van der Waals surface area contributed by atoms with Crippen molar-refractivity contribution in [3.8, 4) is 0 Å². The average Bonchev–Trinajstić information content (AvgIpc) is 2.29. The van der Waals surface area contributed by atoms with Gasteiger partial charge in [0.05, 0.1) is 0 Å². The molecule has 19 heavy (non-hydrogen) atoms. The molecular formula is C13H22F2N4. The van der Waals surface area contributed by atoms with Gasteiger partial charge in [-0.1, -0.05) is 13.8 Å². The van der Waals surface area contributed by atoms with Crippen LogP contribution in [0.2, 0.25) is 0 Å². The highest BCUT2D eigenvalue weighted by atomic mass is 19.1. The molecule has 1 aromatic heterocycles. The first-order valence-electron chi connectivity index (χ1n) is 6.32. The first-order valence-corrected chi connectivity index (χ1v) is 6.32. The summed E-state index contributed by atoms with van der Waals surface area (Å²) in [4.78, 5) is 7.64. The number of likely N-dealkylation sites (N-methyl/N-ethyl adjacent to an activating group) is 1. The topological polar surface area (TPSA) is 45.4 Å². The van der Waals surface area contributed by atoms with Crippen molar-refractivity contribution in [2.45, 2.75) is 13.8 Å². The van der Waals surface area contributed by atoms with Crippen LogP contribution in [0.4, 0.5) is 20.4 Å². The van der Waals surface area contributed by atoms with Crippen molar-refractivity contribution in [3.05, 3.63) is 17.7 Å². The van der Waals surface area contributed by atoms with Gasteiger partial charge in [-0.3, -0.25) is 0 Å². The minimum atomic E-state index is -0.821. The third-order valence-corrected chi connectivity index (χ3v) is 2.64. The monoisotopic (exact) mass is 272 g/mol. The van der Waals surface area contributed by atoms with Gasteiger partial charge in [0.15, 0.2) is 23.3 Å². The van der Waals surface area contributed by atoms with Crippen LogP contribution >= 0.6 is 0 Å². The number of nitrogen functional groups attached to an aromatic ring is 1. The smallest absolute Gasteiger partial charge is 0.168 e. The number of nitrogens with two attached hydrogens (primary N) is 1. The molecule has 1 heterocycles. The molecule has 0 saturated heterocycles. The highest BCUT2D eigenvalue weighted by Gasteiger charge is 2.17. The molecule has 0 radical (unpaired) electrons. The SMILES string of the molecule is CC(C)CN(CCN(C)C)c1nc(N)c(F)cc1F. The predicted molar refractivity (Wildman–Crippen MR) is 74.2 cm³/mol. The summed E-state index contributed by atoms with van der Waals surface area (Å²) in [6, 6.07) is 0.792. The molecular weight excluding hydrogens is 250 g/mol. The number of hydrogen-bond donors (Lipinski definition) is 1. The van der Waals surface area contributed by atoms with Crippen LogP contribution in [0, 0.1) is 17.6 Å². The van der Waals surface area contributed by atoms with Gasteiger partial charge in [0.1, 0.15) is 0 Å². The van der Waals surface area contributed by atoms with Crippen molar-refractivity contribution >= 4 is 11.6 Å². The largest absolute Gasteiger partial charge is 0.381 e. The number of rotatable bonds is 6. The highest BCUT2D eigenvalue weighted by Crippen LogP contribution is 2.21. The van der Waals surface area contributed by atoms with Gasteiger partial charge >= 0.3 is 0 Å². The Kier molecular flexibility index (Phi) is 5.47. The molecule has 1 rings (SSSR count). The lowest BCUT2D eigenvalue weighted by Gasteiger charge is -2.27. The van der Waals surface area contributed by atoms with E-state index in [1.807, 2.05) is 32.8 Å². The van der Waals surface area contributed by atoms with E-state index in [1.54, 1.807) is 4.90 Å². The van der Waals surface area contributed by atoms with Crippen LogP contribution in [0.3, 0.4) is 0 Å². The van der Waals surface area contributed by atoms with Gasteiger partial charge in [-0.2, -0.15) is 0 Å². The van der Waals surface area contributed by atoms with Gasteiger partial charge in [-0.05, 0) is 20.0 Å². The number of anilines is 2. The zero-order valence-corrected chi connectivity index (χ0v) is 12.0. The van der Waals surface area contributed by atoms with Gasteiger partial charge in [-0.15, -0.1) is 0 Å². The van der Waals surface area contributed by atoms with Crippen LogP contribution < -0.4 is 10.6 Å². The predicted octanol–water partition coefficient (Wildman–Crippen LogP) is 1.97. The van der Waals surface area contributed by atoms with Crippen molar-refractivity contribution in [1.82, 2.24) is 9.88 Å². The maximum absolute atomic E-state index is 13.8. The molecule has 0 aromatic carbocycles. The molecule has 0 aliphatic carbocycles. The summed E-state index contributed by atoms with van der Waals surface area (Å²) in [6.07, 6.45) is 0. The second kappa shape index (κ2) is 6.65. The Hall–Kier alpha value is -1.43. The van der Waals surface area contributed by atoms with Crippen LogP contribution in [0.15, 0.2) is 6.07 Å². The Morgan fingerprint density at radius 1 is 1.21 bits per heavy atom. The summed E-state index contributed by atoms with van der Waals surface area (Å²) in [5, 5.41) is 0. The van der Waals surface area contributed by atoms with Gasteiger partial charge in [0, 0.05) is 25.7 Å². The number of pyridine rings is 1. The molecule has 4 nitrogen and oxygen atoms in total. The van der Waals surface area contributed by atoms with E-state index >= 15 is 0 Å². The van der Waals surface area contributed by atoms with E-state index in [0.29, 0.717) is 19.0 Å². The van der Waals surface area contributed by atoms with E-state index in [0.717, 1.165) is 12.6 Å². The fourth-order valence-electron chi connectivity index (χ4n) is 1.74. The molecule has 0 unspecified atom stereocenters. The molecule has 0 spiro atoms.